The first kappa shape index (κ1) is 13.3. The lowest BCUT2D eigenvalue weighted by atomic mass is 9.99. The number of carbonyl (C=O) groups excluding carboxylic acids is 1. The van der Waals surface area contributed by atoms with Gasteiger partial charge in [-0.1, -0.05) is 0 Å². The number of hydrogen-bond donors (Lipinski definition) is 2. The number of carboxylic acid groups (broad SMARTS) is 1. The largest absolute Gasteiger partial charge is 0.477 e. The zero-order valence-corrected chi connectivity index (χ0v) is 12.3. The smallest absolute Gasteiger partial charge is 0.345 e. The molecular weight excluding hydrogens is 294 g/mol. The summed E-state index contributed by atoms with van der Waals surface area (Å²) >= 11 is 2.62. The summed E-state index contributed by atoms with van der Waals surface area (Å²) in [5.74, 6) is -1.12. The van der Waals surface area contributed by atoms with Crippen LogP contribution >= 0.6 is 22.7 Å². The minimum absolute atomic E-state index is 0.150. The zero-order valence-electron chi connectivity index (χ0n) is 10.6. The summed E-state index contributed by atoms with van der Waals surface area (Å²) < 4.78 is 0. The van der Waals surface area contributed by atoms with E-state index in [0.717, 1.165) is 24.2 Å². The number of anilines is 1. The third-order valence-corrected chi connectivity index (χ3v) is 5.50. The highest BCUT2D eigenvalue weighted by Gasteiger charge is 2.18. The average molecular weight is 307 g/mol. The zero-order chi connectivity index (χ0) is 14.1. The van der Waals surface area contributed by atoms with Crippen LogP contribution < -0.4 is 5.32 Å². The molecule has 0 spiro atoms. The van der Waals surface area contributed by atoms with Gasteiger partial charge in [-0.25, -0.2) is 4.79 Å². The van der Waals surface area contributed by atoms with E-state index in [-0.39, 0.29) is 10.8 Å². The van der Waals surface area contributed by atoms with Crippen molar-refractivity contribution in [1.29, 1.82) is 0 Å². The van der Waals surface area contributed by atoms with Crippen molar-refractivity contribution in [1.82, 2.24) is 0 Å². The van der Waals surface area contributed by atoms with E-state index in [2.05, 4.69) is 5.32 Å². The lowest BCUT2D eigenvalue weighted by Gasteiger charge is -2.08. The molecule has 2 heterocycles. The minimum Gasteiger partial charge on any atom is -0.477 e. The standard InChI is InChI=1S/C14H13NO3S2/c16-13(15-12-6-5-10(20-12)14(17)18)11-7-8-3-1-2-4-9(8)19-11/h5-7H,1-4H2,(H,15,16)(H,17,18). The van der Waals surface area contributed by atoms with Gasteiger partial charge < -0.3 is 10.4 Å². The maximum atomic E-state index is 12.2. The van der Waals surface area contributed by atoms with Crippen LogP contribution in [-0.2, 0) is 12.8 Å². The van der Waals surface area contributed by atoms with E-state index in [1.807, 2.05) is 6.07 Å². The van der Waals surface area contributed by atoms with Crippen LogP contribution in [0.25, 0.3) is 0 Å². The van der Waals surface area contributed by atoms with Gasteiger partial charge in [-0.2, -0.15) is 0 Å². The number of rotatable bonds is 3. The number of aryl methyl sites for hydroxylation is 2. The Morgan fingerprint density at radius 2 is 1.90 bits per heavy atom. The Morgan fingerprint density at radius 3 is 2.60 bits per heavy atom. The summed E-state index contributed by atoms with van der Waals surface area (Å²) in [5.41, 5.74) is 1.30. The molecular formula is C14H13NO3S2. The Kier molecular flexibility index (Phi) is 3.58. The topological polar surface area (TPSA) is 66.4 Å². The first-order chi connectivity index (χ1) is 9.63. The maximum absolute atomic E-state index is 12.2. The van der Waals surface area contributed by atoms with Gasteiger partial charge in [0.2, 0.25) is 0 Å². The Balaban J connectivity index is 1.75. The summed E-state index contributed by atoms with van der Waals surface area (Å²) in [6.45, 7) is 0. The summed E-state index contributed by atoms with van der Waals surface area (Å²) in [6.07, 6.45) is 4.51. The second-order valence-electron chi connectivity index (χ2n) is 4.69. The van der Waals surface area contributed by atoms with Crippen LogP contribution in [0.1, 0.15) is 42.6 Å². The number of carbonyl (C=O) groups is 2. The van der Waals surface area contributed by atoms with Gasteiger partial charge in [0.25, 0.3) is 5.91 Å². The number of amides is 1. The molecule has 0 aliphatic heterocycles. The molecule has 3 rings (SSSR count). The molecule has 2 aromatic rings. The van der Waals surface area contributed by atoms with Crippen LogP contribution in [0.2, 0.25) is 0 Å². The van der Waals surface area contributed by atoms with Crippen molar-refractivity contribution in [3.63, 3.8) is 0 Å². The SMILES string of the molecule is O=C(O)c1ccc(NC(=O)c2cc3c(s2)CCCC3)s1. The first-order valence-electron chi connectivity index (χ1n) is 6.39. The van der Waals surface area contributed by atoms with Crippen molar-refractivity contribution < 1.29 is 14.7 Å². The molecule has 2 N–H and O–H groups in total. The van der Waals surface area contributed by atoms with Crippen LogP contribution in [0.3, 0.4) is 0 Å². The van der Waals surface area contributed by atoms with Crippen molar-refractivity contribution in [3.8, 4) is 0 Å². The van der Waals surface area contributed by atoms with Crippen LogP contribution in [0.15, 0.2) is 18.2 Å². The fourth-order valence-electron chi connectivity index (χ4n) is 2.30. The summed E-state index contributed by atoms with van der Waals surface area (Å²) in [6, 6.07) is 5.10. The molecule has 0 aromatic carbocycles. The molecule has 1 aliphatic rings. The van der Waals surface area contributed by atoms with Crippen LogP contribution in [-0.4, -0.2) is 17.0 Å². The van der Waals surface area contributed by atoms with E-state index >= 15 is 0 Å². The molecule has 20 heavy (non-hydrogen) atoms. The van der Waals surface area contributed by atoms with Gasteiger partial charge in [0.15, 0.2) is 0 Å². The summed E-state index contributed by atoms with van der Waals surface area (Å²) in [4.78, 5) is 25.2. The average Bonchev–Trinajstić information content (AvgIpc) is 3.04. The van der Waals surface area contributed by atoms with Gasteiger partial charge in [-0.3, -0.25) is 4.79 Å². The Labute approximate surface area is 124 Å². The lowest BCUT2D eigenvalue weighted by Crippen LogP contribution is -2.08. The molecule has 0 unspecified atom stereocenters. The van der Waals surface area contributed by atoms with Crippen molar-refractivity contribution >= 4 is 39.6 Å². The molecule has 2 aromatic heterocycles. The quantitative estimate of drug-likeness (QED) is 0.909. The van der Waals surface area contributed by atoms with Crippen molar-refractivity contribution in [3.05, 3.63) is 38.4 Å². The second-order valence-corrected chi connectivity index (χ2v) is 6.91. The number of aromatic carboxylic acids is 1. The predicted octanol–water partition coefficient (Wildman–Crippen LogP) is 3.64. The molecule has 0 saturated heterocycles. The molecule has 1 amide bonds. The highest BCUT2D eigenvalue weighted by atomic mass is 32.1. The van der Waals surface area contributed by atoms with Gasteiger partial charge in [0.05, 0.1) is 9.88 Å². The van der Waals surface area contributed by atoms with E-state index in [9.17, 15) is 9.59 Å². The fourth-order valence-corrected chi connectivity index (χ4v) is 4.19. The molecule has 0 bridgehead atoms. The monoisotopic (exact) mass is 307 g/mol. The number of thiophene rings is 2. The van der Waals surface area contributed by atoms with E-state index in [1.54, 1.807) is 17.4 Å². The van der Waals surface area contributed by atoms with Crippen molar-refractivity contribution in [2.45, 2.75) is 25.7 Å². The van der Waals surface area contributed by atoms with E-state index in [4.69, 9.17) is 5.11 Å². The van der Waals surface area contributed by atoms with Gasteiger partial charge in [0, 0.05) is 4.88 Å². The first-order valence-corrected chi connectivity index (χ1v) is 8.03. The van der Waals surface area contributed by atoms with Gasteiger partial charge in [-0.15, -0.1) is 22.7 Å². The fraction of sp³-hybridized carbons (Fsp3) is 0.286. The number of fused-ring (bicyclic) bond motifs is 1. The number of carboxylic acids is 1. The maximum Gasteiger partial charge on any atom is 0.345 e. The molecule has 0 fully saturated rings. The summed E-state index contributed by atoms with van der Waals surface area (Å²) in [7, 11) is 0. The van der Waals surface area contributed by atoms with Crippen LogP contribution in [0, 0.1) is 0 Å². The van der Waals surface area contributed by atoms with Crippen LogP contribution in [0.5, 0.6) is 0 Å². The summed E-state index contributed by atoms with van der Waals surface area (Å²) in [5, 5.41) is 12.2. The predicted molar refractivity (Wildman–Crippen MR) is 80.2 cm³/mol. The van der Waals surface area contributed by atoms with E-state index in [0.29, 0.717) is 9.88 Å². The number of nitrogens with one attached hydrogen (secondary N) is 1. The van der Waals surface area contributed by atoms with E-state index < -0.39 is 5.97 Å². The van der Waals surface area contributed by atoms with Crippen molar-refractivity contribution in [2.24, 2.45) is 0 Å². The minimum atomic E-state index is -0.970. The highest BCUT2D eigenvalue weighted by molar-refractivity contribution is 7.18. The molecule has 0 radical (unpaired) electrons. The van der Waals surface area contributed by atoms with Crippen molar-refractivity contribution in [2.75, 3.05) is 5.32 Å². The molecule has 6 heteroatoms. The van der Waals surface area contributed by atoms with Gasteiger partial charge >= 0.3 is 5.97 Å². The Bertz CT molecular complexity index is 648. The molecule has 0 atom stereocenters. The molecule has 4 nitrogen and oxygen atoms in total. The lowest BCUT2D eigenvalue weighted by molar-refractivity contribution is 0.0702. The van der Waals surface area contributed by atoms with Crippen LogP contribution in [0.4, 0.5) is 5.00 Å². The molecule has 104 valence electrons. The highest BCUT2D eigenvalue weighted by Crippen LogP contribution is 2.30. The third-order valence-electron chi connectivity index (χ3n) is 3.27. The Hall–Kier alpha value is -1.66. The van der Waals surface area contributed by atoms with Gasteiger partial charge in [-0.05, 0) is 49.4 Å². The Morgan fingerprint density at radius 1 is 1.10 bits per heavy atom. The molecule has 1 aliphatic carbocycles. The molecule has 0 saturated carbocycles. The number of hydrogen-bond acceptors (Lipinski definition) is 4. The second kappa shape index (κ2) is 5.38. The van der Waals surface area contributed by atoms with Gasteiger partial charge in [0.1, 0.15) is 4.88 Å². The third kappa shape index (κ3) is 2.62. The van der Waals surface area contributed by atoms with E-state index in [1.165, 1.54) is 29.3 Å². The normalized spacial score (nSPS) is 13.8.